The third kappa shape index (κ3) is 4.20. The van der Waals surface area contributed by atoms with Crippen LogP contribution in [0.3, 0.4) is 0 Å². The summed E-state index contributed by atoms with van der Waals surface area (Å²) in [5, 5.41) is 5.32. The number of amides is 1. The molecule has 1 atom stereocenters. The van der Waals surface area contributed by atoms with Gasteiger partial charge in [0.1, 0.15) is 10.7 Å². The normalized spacial score (nSPS) is 11.8. The van der Waals surface area contributed by atoms with E-state index in [-0.39, 0.29) is 11.9 Å². The van der Waals surface area contributed by atoms with Crippen molar-refractivity contribution < 1.29 is 19.0 Å². The fraction of sp³-hybridized carbons (Fsp3) is 0.375. The van der Waals surface area contributed by atoms with E-state index in [0.717, 1.165) is 10.6 Å². The van der Waals surface area contributed by atoms with Crippen molar-refractivity contribution in [1.29, 1.82) is 0 Å². The minimum absolute atomic E-state index is 0.0706. The average Bonchev–Trinajstić information content (AvgIpc) is 3.04. The molecule has 23 heavy (non-hydrogen) atoms. The SMILES string of the molecule is COC[C@H](C)NC(=O)c1csc(-c2ccc(OC)c(OC)c2)n1. The number of nitrogens with one attached hydrogen (secondary N) is 1. The predicted octanol–water partition coefficient (Wildman–Crippen LogP) is 2.59. The minimum Gasteiger partial charge on any atom is -0.493 e. The maximum Gasteiger partial charge on any atom is 0.271 e. The van der Waals surface area contributed by atoms with Crippen LogP contribution in [-0.4, -0.2) is 44.9 Å². The van der Waals surface area contributed by atoms with Crippen molar-refractivity contribution in [2.75, 3.05) is 27.9 Å². The van der Waals surface area contributed by atoms with Crippen molar-refractivity contribution in [1.82, 2.24) is 10.3 Å². The molecule has 1 amide bonds. The molecule has 0 bridgehead atoms. The number of thiazole rings is 1. The molecule has 0 saturated carbocycles. The maximum atomic E-state index is 12.1. The molecule has 0 aliphatic heterocycles. The lowest BCUT2D eigenvalue weighted by atomic mass is 10.2. The molecular formula is C16H20N2O4S. The van der Waals surface area contributed by atoms with E-state index in [2.05, 4.69) is 10.3 Å². The number of hydrogen-bond donors (Lipinski definition) is 1. The quantitative estimate of drug-likeness (QED) is 0.841. The fourth-order valence-corrected chi connectivity index (χ4v) is 2.87. The zero-order chi connectivity index (χ0) is 16.8. The molecule has 6 nitrogen and oxygen atoms in total. The Balaban J connectivity index is 2.17. The van der Waals surface area contributed by atoms with Gasteiger partial charge in [-0.25, -0.2) is 4.98 Å². The number of methoxy groups -OCH3 is 3. The van der Waals surface area contributed by atoms with Gasteiger partial charge in [0.25, 0.3) is 5.91 Å². The van der Waals surface area contributed by atoms with Crippen LogP contribution in [0.1, 0.15) is 17.4 Å². The van der Waals surface area contributed by atoms with E-state index in [9.17, 15) is 4.79 Å². The zero-order valence-electron chi connectivity index (χ0n) is 13.6. The molecule has 0 saturated heterocycles. The Kier molecular flexibility index (Phi) is 5.95. The van der Waals surface area contributed by atoms with Gasteiger partial charge >= 0.3 is 0 Å². The Morgan fingerprint density at radius 1 is 1.26 bits per heavy atom. The van der Waals surface area contributed by atoms with Crippen LogP contribution in [0.15, 0.2) is 23.6 Å². The lowest BCUT2D eigenvalue weighted by Crippen LogP contribution is -2.35. The summed E-state index contributed by atoms with van der Waals surface area (Å²) >= 11 is 1.40. The first-order chi connectivity index (χ1) is 11.1. The number of hydrogen-bond acceptors (Lipinski definition) is 6. The van der Waals surface area contributed by atoms with Gasteiger partial charge in [0.15, 0.2) is 11.5 Å². The number of aromatic nitrogens is 1. The summed E-state index contributed by atoms with van der Waals surface area (Å²) in [6.07, 6.45) is 0. The van der Waals surface area contributed by atoms with Crippen molar-refractivity contribution >= 4 is 17.2 Å². The van der Waals surface area contributed by atoms with E-state index in [1.165, 1.54) is 11.3 Å². The highest BCUT2D eigenvalue weighted by Gasteiger charge is 2.15. The van der Waals surface area contributed by atoms with Crippen LogP contribution in [-0.2, 0) is 4.74 Å². The maximum absolute atomic E-state index is 12.1. The second-order valence-corrected chi connectivity index (χ2v) is 5.80. The van der Waals surface area contributed by atoms with Crippen LogP contribution in [0.5, 0.6) is 11.5 Å². The number of rotatable bonds is 7. The first kappa shape index (κ1) is 17.2. The third-order valence-electron chi connectivity index (χ3n) is 3.16. The molecule has 2 rings (SSSR count). The summed E-state index contributed by atoms with van der Waals surface area (Å²) < 4.78 is 15.5. The second kappa shape index (κ2) is 7.94. The number of ether oxygens (including phenoxy) is 3. The van der Waals surface area contributed by atoms with Gasteiger partial charge in [0.2, 0.25) is 0 Å². The molecule has 124 valence electrons. The standard InChI is InChI=1S/C16H20N2O4S/c1-10(8-20-2)17-15(19)12-9-23-16(18-12)11-5-6-13(21-3)14(7-11)22-4/h5-7,9-10H,8H2,1-4H3,(H,17,19)/t10-/m0/s1. The Bertz CT molecular complexity index is 672. The molecule has 0 radical (unpaired) electrons. The topological polar surface area (TPSA) is 69.7 Å². The van der Waals surface area contributed by atoms with Crippen molar-refractivity contribution in [3.05, 3.63) is 29.3 Å². The highest BCUT2D eigenvalue weighted by Crippen LogP contribution is 2.33. The Morgan fingerprint density at radius 3 is 2.65 bits per heavy atom. The number of benzene rings is 1. The molecule has 7 heteroatoms. The Labute approximate surface area is 139 Å². The molecule has 1 aromatic carbocycles. The lowest BCUT2D eigenvalue weighted by molar-refractivity contribution is 0.0901. The van der Waals surface area contributed by atoms with Gasteiger partial charge in [-0.3, -0.25) is 4.79 Å². The van der Waals surface area contributed by atoms with Gasteiger partial charge in [-0.15, -0.1) is 11.3 Å². The van der Waals surface area contributed by atoms with E-state index in [0.29, 0.717) is 23.8 Å². The molecule has 1 N–H and O–H groups in total. The van der Waals surface area contributed by atoms with Crippen molar-refractivity contribution in [3.8, 4) is 22.1 Å². The van der Waals surface area contributed by atoms with Gasteiger partial charge < -0.3 is 19.5 Å². The summed E-state index contributed by atoms with van der Waals surface area (Å²) in [4.78, 5) is 16.5. The molecule has 0 fully saturated rings. The highest BCUT2D eigenvalue weighted by molar-refractivity contribution is 7.13. The van der Waals surface area contributed by atoms with Gasteiger partial charge in [-0.2, -0.15) is 0 Å². The second-order valence-electron chi connectivity index (χ2n) is 4.94. The monoisotopic (exact) mass is 336 g/mol. The van der Waals surface area contributed by atoms with Crippen LogP contribution >= 0.6 is 11.3 Å². The zero-order valence-corrected chi connectivity index (χ0v) is 14.4. The van der Waals surface area contributed by atoms with Gasteiger partial charge in [0.05, 0.1) is 20.8 Å². The molecule has 1 heterocycles. The first-order valence-corrected chi connectivity index (χ1v) is 7.94. The average molecular weight is 336 g/mol. The highest BCUT2D eigenvalue weighted by atomic mass is 32.1. The minimum atomic E-state index is -0.211. The number of carbonyl (C=O) groups is 1. The van der Waals surface area contributed by atoms with Crippen LogP contribution in [0.4, 0.5) is 0 Å². The number of nitrogens with zero attached hydrogens (tertiary/aromatic N) is 1. The largest absolute Gasteiger partial charge is 0.493 e. The summed E-state index contributed by atoms with van der Waals surface area (Å²) in [5.74, 6) is 1.07. The van der Waals surface area contributed by atoms with E-state index in [1.807, 2.05) is 25.1 Å². The van der Waals surface area contributed by atoms with E-state index in [4.69, 9.17) is 14.2 Å². The summed E-state index contributed by atoms with van der Waals surface area (Å²) in [7, 11) is 4.77. The van der Waals surface area contributed by atoms with Crippen molar-refractivity contribution in [3.63, 3.8) is 0 Å². The van der Waals surface area contributed by atoms with Crippen molar-refractivity contribution in [2.45, 2.75) is 13.0 Å². The predicted molar refractivity (Wildman–Crippen MR) is 89.5 cm³/mol. The third-order valence-corrected chi connectivity index (χ3v) is 4.05. The summed E-state index contributed by atoms with van der Waals surface area (Å²) in [6.45, 7) is 2.33. The Morgan fingerprint density at radius 2 is 2.00 bits per heavy atom. The van der Waals surface area contributed by atoms with Crippen LogP contribution in [0.2, 0.25) is 0 Å². The first-order valence-electron chi connectivity index (χ1n) is 7.06. The van der Waals surface area contributed by atoms with E-state index < -0.39 is 0 Å². The van der Waals surface area contributed by atoms with Gasteiger partial charge in [0, 0.05) is 24.1 Å². The Hall–Kier alpha value is -2.12. The van der Waals surface area contributed by atoms with Gasteiger partial charge in [-0.05, 0) is 25.1 Å². The van der Waals surface area contributed by atoms with Crippen LogP contribution < -0.4 is 14.8 Å². The van der Waals surface area contributed by atoms with Crippen LogP contribution in [0, 0.1) is 0 Å². The molecule has 0 spiro atoms. The number of carbonyl (C=O) groups excluding carboxylic acids is 1. The molecule has 0 aliphatic rings. The summed E-state index contributed by atoms with van der Waals surface area (Å²) in [5.41, 5.74) is 1.26. The van der Waals surface area contributed by atoms with E-state index in [1.54, 1.807) is 26.7 Å². The summed E-state index contributed by atoms with van der Waals surface area (Å²) in [6, 6.07) is 5.47. The van der Waals surface area contributed by atoms with E-state index >= 15 is 0 Å². The molecule has 0 aliphatic carbocycles. The molecular weight excluding hydrogens is 316 g/mol. The van der Waals surface area contributed by atoms with Crippen LogP contribution in [0.25, 0.3) is 10.6 Å². The fourth-order valence-electron chi connectivity index (χ4n) is 2.07. The van der Waals surface area contributed by atoms with Crippen molar-refractivity contribution in [2.24, 2.45) is 0 Å². The molecule has 2 aromatic rings. The van der Waals surface area contributed by atoms with Gasteiger partial charge in [-0.1, -0.05) is 0 Å². The molecule has 0 unspecified atom stereocenters. The smallest absolute Gasteiger partial charge is 0.271 e. The lowest BCUT2D eigenvalue weighted by Gasteiger charge is -2.11. The molecule has 1 aromatic heterocycles.